The molecule has 3 heterocycles. The molecular formula is C26H28N4O4S. The number of carbonyl (C=O) groups is 2. The predicted octanol–water partition coefficient (Wildman–Crippen LogP) is 4.19. The van der Waals surface area contributed by atoms with Crippen LogP contribution in [-0.2, 0) is 9.59 Å². The molecule has 1 fully saturated rings. The van der Waals surface area contributed by atoms with Gasteiger partial charge in [0.1, 0.15) is 0 Å². The van der Waals surface area contributed by atoms with Gasteiger partial charge in [-0.05, 0) is 51.0 Å². The second-order valence-electron chi connectivity index (χ2n) is 8.75. The Bertz CT molecular complexity index is 1240. The number of likely N-dealkylation sites (tertiary alicyclic amines) is 1. The summed E-state index contributed by atoms with van der Waals surface area (Å²) in [5.41, 5.74) is 3.65. The van der Waals surface area contributed by atoms with Gasteiger partial charge in [0.25, 0.3) is 0 Å². The zero-order valence-corrected chi connectivity index (χ0v) is 20.6. The Labute approximate surface area is 208 Å². The normalized spacial score (nSPS) is 15.3. The van der Waals surface area contributed by atoms with Gasteiger partial charge in [0, 0.05) is 30.8 Å². The van der Waals surface area contributed by atoms with Crippen LogP contribution in [-0.4, -0.2) is 52.1 Å². The van der Waals surface area contributed by atoms with Gasteiger partial charge in [-0.2, -0.15) is 5.10 Å². The highest BCUT2D eigenvalue weighted by Gasteiger charge is 2.28. The highest BCUT2D eigenvalue weighted by atomic mass is 32.2. The molecule has 2 aromatic carbocycles. The minimum Gasteiger partial charge on any atom is -0.454 e. The third kappa shape index (κ3) is 5.00. The van der Waals surface area contributed by atoms with Gasteiger partial charge in [0.2, 0.25) is 18.6 Å². The van der Waals surface area contributed by atoms with Gasteiger partial charge in [-0.3, -0.25) is 9.59 Å². The number of nitrogens with one attached hydrogen (secondary N) is 1. The van der Waals surface area contributed by atoms with Crippen molar-refractivity contribution < 1.29 is 19.1 Å². The molecule has 5 rings (SSSR count). The van der Waals surface area contributed by atoms with Crippen LogP contribution in [0.3, 0.4) is 0 Å². The Kier molecular flexibility index (Phi) is 6.68. The van der Waals surface area contributed by atoms with E-state index in [1.165, 1.54) is 11.8 Å². The fraction of sp³-hybridized carbons (Fsp3) is 0.346. The number of hydrogen-bond donors (Lipinski definition) is 1. The van der Waals surface area contributed by atoms with Gasteiger partial charge in [-0.25, -0.2) is 4.68 Å². The molecule has 0 radical (unpaired) electrons. The van der Waals surface area contributed by atoms with Crippen molar-refractivity contribution in [3.8, 4) is 17.2 Å². The van der Waals surface area contributed by atoms with Crippen LogP contribution in [0.4, 0.5) is 5.69 Å². The van der Waals surface area contributed by atoms with Gasteiger partial charge >= 0.3 is 0 Å². The van der Waals surface area contributed by atoms with Crippen molar-refractivity contribution >= 4 is 29.3 Å². The highest BCUT2D eigenvalue weighted by molar-refractivity contribution is 8.00. The molecule has 2 aliphatic rings. The monoisotopic (exact) mass is 492 g/mol. The number of ether oxygens (including phenoxy) is 2. The first-order valence-corrected chi connectivity index (χ1v) is 12.7. The number of carbonyl (C=O) groups excluding carboxylic acids is 2. The van der Waals surface area contributed by atoms with Crippen molar-refractivity contribution in [2.24, 2.45) is 5.92 Å². The number of amides is 2. The minimum absolute atomic E-state index is 0.0232. The fourth-order valence-corrected chi connectivity index (χ4v) is 5.49. The highest BCUT2D eigenvalue weighted by Crippen LogP contribution is 2.34. The maximum absolute atomic E-state index is 12.9. The first-order chi connectivity index (χ1) is 17.0. The second-order valence-corrected chi connectivity index (χ2v) is 9.73. The number of benzene rings is 2. The lowest BCUT2D eigenvalue weighted by atomic mass is 9.96. The van der Waals surface area contributed by atoms with E-state index in [0.717, 1.165) is 22.0 Å². The van der Waals surface area contributed by atoms with Crippen LogP contribution in [0, 0.1) is 19.8 Å². The Hall–Kier alpha value is -3.46. The van der Waals surface area contributed by atoms with Gasteiger partial charge in [0.05, 0.1) is 27.7 Å². The number of aryl methyl sites for hydroxylation is 1. The summed E-state index contributed by atoms with van der Waals surface area (Å²) in [5, 5.41) is 7.63. The largest absolute Gasteiger partial charge is 0.454 e. The first kappa shape index (κ1) is 23.3. The van der Waals surface area contributed by atoms with E-state index in [4.69, 9.17) is 9.47 Å². The quantitative estimate of drug-likeness (QED) is 0.520. The SMILES string of the molecule is Cc1nn(-c2ccccc2)c(C)c1SCC(=O)N1CCC(C(=O)Nc2ccc3c(c2)OCO3)CC1. The molecule has 0 saturated carbocycles. The van der Waals surface area contributed by atoms with Crippen molar-refractivity contribution in [1.82, 2.24) is 14.7 Å². The minimum atomic E-state index is -0.120. The molecule has 2 aliphatic heterocycles. The molecule has 0 aliphatic carbocycles. The van der Waals surface area contributed by atoms with Crippen LogP contribution in [0.1, 0.15) is 24.2 Å². The molecule has 3 aromatic rings. The molecule has 2 amide bonds. The molecule has 8 nitrogen and oxygen atoms in total. The van der Waals surface area contributed by atoms with Crippen molar-refractivity contribution in [3.63, 3.8) is 0 Å². The van der Waals surface area contributed by atoms with Crippen LogP contribution in [0.2, 0.25) is 0 Å². The number of piperidine rings is 1. The molecule has 0 atom stereocenters. The Morgan fingerprint density at radius 3 is 2.57 bits per heavy atom. The fourth-order valence-electron chi connectivity index (χ4n) is 4.49. The van der Waals surface area contributed by atoms with E-state index in [9.17, 15) is 9.59 Å². The zero-order valence-electron chi connectivity index (χ0n) is 19.8. The number of thioether (sulfide) groups is 1. The van der Waals surface area contributed by atoms with E-state index in [2.05, 4.69) is 10.4 Å². The molecule has 0 unspecified atom stereocenters. The smallest absolute Gasteiger partial charge is 0.232 e. The maximum atomic E-state index is 12.9. The van der Waals surface area contributed by atoms with Crippen LogP contribution in [0.15, 0.2) is 53.4 Å². The van der Waals surface area contributed by atoms with Gasteiger partial charge in [-0.1, -0.05) is 18.2 Å². The topological polar surface area (TPSA) is 85.7 Å². The summed E-state index contributed by atoms with van der Waals surface area (Å²) in [6.07, 6.45) is 1.30. The Morgan fingerprint density at radius 2 is 1.80 bits per heavy atom. The third-order valence-corrected chi connectivity index (χ3v) is 7.70. The molecule has 0 bridgehead atoms. The number of anilines is 1. The first-order valence-electron chi connectivity index (χ1n) is 11.7. The molecule has 1 N–H and O–H groups in total. The molecule has 182 valence electrons. The van der Waals surface area contributed by atoms with E-state index in [1.54, 1.807) is 12.1 Å². The number of rotatable bonds is 6. The molecule has 0 spiro atoms. The summed E-state index contributed by atoms with van der Waals surface area (Å²) in [7, 11) is 0. The van der Waals surface area contributed by atoms with E-state index in [1.807, 2.05) is 59.8 Å². The molecule has 1 aromatic heterocycles. The Morgan fingerprint density at radius 1 is 1.06 bits per heavy atom. The van der Waals surface area contributed by atoms with Crippen LogP contribution in [0.25, 0.3) is 5.69 Å². The summed E-state index contributed by atoms with van der Waals surface area (Å²) >= 11 is 1.53. The summed E-state index contributed by atoms with van der Waals surface area (Å²) in [6.45, 7) is 5.37. The summed E-state index contributed by atoms with van der Waals surface area (Å²) in [6, 6.07) is 15.4. The summed E-state index contributed by atoms with van der Waals surface area (Å²) < 4.78 is 12.6. The van der Waals surface area contributed by atoms with E-state index >= 15 is 0 Å². The second kappa shape index (κ2) is 10.0. The van der Waals surface area contributed by atoms with Crippen molar-refractivity contribution in [2.45, 2.75) is 31.6 Å². The molecule has 1 saturated heterocycles. The summed E-state index contributed by atoms with van der Waals surface area (Å²) in [5.74, 6) is 1.63. The van der Waals surface area contributed by atoms with Crippen molar-refractivity contribution in [3.05, 3.63) is 59.9 Å². The number of hydrogen-bond acceptors (Lipinski definition) is 6. The molecule has 9 heteroatoms. The van der Waals surface area contributed by atoms with Crippen LogP contribution in [0.5, 0.6) is 11.5 Å². The van der Waals surface area contributed by atoms with Gasteiger partial charge in [-0.15, -0.1) is 11.8 Å². The zero-order chi connectivity index (χ0) is 24.4. The average molecular weight is 493 g/mol. The van der Waals surface area contributed by atoms with Crippen LogP contribution < -0.4 is 14.8 Å². The van der Waals surface area contributed by atoms with Crippen molar-refractivity contribution in [1.29, 1.82) is 0 Å². The molecular weight excluding hydrogens is 464 g/mol. The average Bonchev–Trinajstić information content (AvgIpc) is 3.46. The lowest BCUT2D eigenvalue weighted by Gasteiger charge is -2.31. The lowest BCUT2D eigenvalue weighted by Crippen LogP contribution is -2.42. The maximum Gasteiger partial charge on any atom is 0.232 e. The van der Waals surface area contributed by atoms with E-state index in [0.29, 0.717) is 48.9 Å². The number of fused-ring (bicyclic) bond motifs is 1. The van der Waals surface area contributed by atoms with Gasteiger partial charge < -0.3 is 19.7 Å². The Balaban J connectivity index is 1.12. The van der Waals surface area contributed by atoms with Crippen LogP contribution >= 0.6 is 11.8 Å². The molecule has 35 heavy (non-hydrogen) atoms. The number of aromatic nitrogens is 2. The lowest BCUT2D eigenvalue weighted by molar-refractivity contribution is -0.132. The number of nitrogens with zero attached hydrogens (tertiary/aromatic N) is 3. The van der Waals surface area contributed by atoms with E-state index < -0.39 is 0 Å². The van der Waals surface area contributed by atoms with Gasteiger partial charge in [0.15, 0.2) is 11.5 Å². The number of para-hydroxylation sites is 1. The predicted molar refractivity (Wildman–Crippen MR) is 134 cm³/mol. The standard InChI is InChI=1S/C26H28N4O4S/c1-17-25(18(2)30(28-17)21-6-4-3-5-7-21)35-15-24(31)29-12-10-19(11-13-29)26(32)27-20-8-9-22-23(14-20)34-16-33-22/h3-9,14,19H,10-13,15-16H2,1-2H3,(H,27,32). The van der Waals surface area contributed by atoms with E-state index in [-0.39, 0.29) is 24.5 Å². The third-order valence-electron chi connectivity index (χ3n) is 6.42. The van der Waals surface area contributed by atoms with Crippen molar-refractivity contribution in [2.75, 3.05) is 31.0 Å². The summed E-state index contributed by atoms with van der Waals surface area (Å²) in [4.78, 5) is 28.6.